The third-order valence-electron chi connectivity index (χ3n) is 4.50. The maximum atomic E-state index is 12.7. The average molecular weight is 386 g/mol. The molecule has 0 unspecified atom stereocenters. The largest absolute Gasteiger partial charge is 0.355 e. The van der Waals surface area contributed by atoms with Gasteiger partial charge in [0.15, 0.2) is 11.3 Å². The maximum Gasteiger partial charge on any atom is 0.276 e. The number of carbonyl (C=O) groups excluding carboxylic acids is 1. The van der Waals surface area contributed by atoms with Crippen molar-refractivity contribution in [3.63, 3.8) is 0 Å². The molecule has 3 heterocycles. The van der Waals surface area contributed by atoms with Gasteiger partial charge < -0.3 is 9.42 Å². The third-order valence-corrected chi connectivity index (χ3v) is 5.85. The summed E-state index contributed by atoms with van der Waals surface area (Å²) in [4.78, 5) is 18.4. The van der Waals surface area contributed by atoms with Gasteiger partial charge in [-0.2, -0.15) is 0 Å². The molecule has 0 spiro atoms. The molecule has 0 aliphatic carbocycles. The highest BCUT2D eigenvalue weighted by molar-refractivity contribution is 7.92. The number of nitrogens with zero attached hydrogens (tertiary/aromatic N) is 3. The van der Waals surface area contributed by atoms with Gasteiger partial charge >= 0.3 is 0 Å². The number of sulfonamides is 1. The van der Waals surface area contributed by atoms with Crippen molar-refractivity contribution in [1.82, 2.24) is 15.0 Å². The normalized spacial score (nSPS) is 14.6. The van der Waals surface area contributed by atoms with Crippen molar-refractivity contribution < 1.29 is 17.7 Å². The number of aromatic nitrogens is 2. The minimum absolute atomic E-state index is 0.0102. The lowest BCUT2D eigenvalue weighted by atomic mass is 10.2. The van der Waals surface area contributed by atoms with Crippen LogP contribution in [0.2, 0.25) is 0 Å². The van der Waals surface area contributed by atoms with E-state index in [4.69, 9.17) is 4.52 Å². The molecule has 9 heteroatoms. The predicted octanol–water partition coefficient (Wildman–Crippen LogP) is 2.57. The number of rotatable bonds is 4. The highest BCUT2D eigenvalue weighted by atomic mass is 32.2. The molecule has 1 amide bonds. The number of benzene rings is 1. The fraction of sp³-hybridized carbons (Fsp3) is 0.278. The molecule has 1 aromatic carbocycles. The molecule has 3 aromatic rings. The number of aryl methyl sites for hydroxylation is 1. The van der Waals surface area contributed by atoms with Crippen LogP contribution in [0.5, 0.6) is 0 Å². The number of amides is 1. The number of anilines is 1. The standard InChI is InChI=1S/C18H18N4O4S/c1-12-4-7-16(19-11-12)21-27(24,25)13-5-6-15-14(10-13)17(20-26-15)18(23)22-8-2-3-9-22/h4-7,10-11H,2-3,8-9H2,1H3,(H,19,21). The van der Waals surface area contributed by atoms with E-state index in [2.05, 4.69) is 14.9 Å². The molecule has 1 fully saturated rings. The molecule has 1 aliphatic rings. The van der Waals surface area contributed by atoms with Gasteiger partial charge in [0.1, 0.15) is 5.82 Å². The summed E-state index contributed by atoms with van der Waals surface area (Å²) in [6.45, 7) is 3.21. The van der Waals surface area contributed by atoms with E-state index in [0.29, 0.717) is 24.1 Å². The molecular weight excluding hydrogens is 368 g/mol. The van der Waals surface area contributed by atoms with Crippen molar-refractivity contribution in [2.45, 2.75) is 24.7 Å². The summed E-state index contributed by atoms with van der Waals surface area (Å²) in [5.41, 5.74) is 1.43. The summed E-state index contributed by atoms with van der Waals surface area (Å²) < 4.78 is 33.0. The summed E-state index contributed by atoms with van der Waals surface area (Å²) in [7, 11) is -3.86. The van der Waals surface area contributed by atoms with Crippen LogP contribution in [0.1, 0.15) is 28.9 Å². The first kappa shape index (κ1) is 17.5. The zero-order valence-corrected chi connectivity index (χ0v) is 15.5. The van der Waals surface area contributed by atoms with Crippen LogP contribution in [0.15, 0.2) is 45.9 Å². The van der Waals surface area contributed by atoms with Gasteiger partial charge in [0.25, 0.3) is 15.9 Å². The molecule has 0 saturated carbocycles. The number of hydrogen-bond acceptors (Lipinski definition) is 6. The molecule has 0 radical (unpaired) electrons. The molecule has 0 bridgehead atoms. The van der Waals surface area contributed by atoms with Gasteiger partial charge in [-0.3, -0.25) is 9.52 Å². The van der Waals surface area contributed by atoms with Gasteiger partial charge in [0.05, 0.1) is 10.3 Å². The second kappa shape index (κ2) is 6.66. The molecule has 1 N–H and O–H groups in total. The Balaban J connectivity index is 1.68. The quantitative estimate of drug-likeness (QED) is 0.739. The lowest BCUT2D eigenvalue weighted by Crippen LogP contribution is -2.28. The molecule has 140 valence electrons. The fourth-order valence-electron chi connectivity index (χ4n) is 3.03. The lowest BCUT2D eigenvalue weighted by molar-refractivity contribution is 0.0784. The monoisotopic (exact) mass is 386 g/mol. The number of fused-ring (bicyclic) bond motifs is 1. The zero-order chi connectivity index (χ0) is 19.0. The Hall–Kier alpha value is -2.94. The van der Waals surface area contributed by atoms with Gasteiger partial charge in [0, 0.05) is 19.3 Å². The van der Waals surface area contributed by atoms with Crippen LogP contribution < -0.4 is 4.72 Å². The topological polar surface area (TPSA) is 105 Å². The van der Waals surface area contributed by atoms with E-state index >= 15 is 0 Å². The van der Waals surface area contributed by atoms with Crippen molar-refractivity contribution in [2.75, 3.05) is 17.8 Å². The molecule has 1 aliphatic heterocycles. The molecule has 27 heavy (non-hydrogen) atoms. The van der Waals surface area contributed by atoms with Crippen LogP contribution in [-0.2, 0) is 10.0 Å². The highest BCUT2D eigenvalue weighted by Gasteiger charge is 2.26. The summed E-state index contributed by atoms with van der Waals surface area (Å²) in [5.74, 6) is -0.0201. The SMILES string of the molecule is Cc1ccc(NS(=O)(=O)c2ccc3onc(C(=O)N4CCCC4)c3c2)nc1. The van der Waals surface area contributed by atoms with Crippen molar-refractivity contribution in [3.05, 3.63) is 47.8 Å². The van der Waals surface area contributed by atoms with E-state index in [9.17, 15) is 13.2 Å². The Morgan fingerprint density at radius 1 is 1.19 bits per heavy atom. The predicted molar refractivity (Wildman–Crippen MR) is 98.9 cm³/mol. The molecule has 0 atom stereocenters. The van der Waals surface area contributed by atoms with Crippen LogP contribution in [0.4, 0.5) is 5.82 Å². The first-order valence-electron chi connectivity index (χ1n) is 8.58. The summed E-state index contributed by atoms with van der Waals surface area (Å²) >= 11 is 0. The van der Waals surface area contributed by atoms with Gasteiger partial charge in [-0.25, -0.2) is 13.4 Å². The van der Waals surface area contributed by atoms with Gasteiger partial charge in [-0.15, -0.1) is 0 Å². The van der Waals surface area contributed by atoms with Crippen molar-refractivity contribution in [2.24, 2.45) is 0 Å². The third kappa shape index (κ3) is 3.37. The van der Waals surface area contributed by atoms with Crippen LogP contribution >= 0.6 is 0 Å². The van der Waals surface area contributed by atoms with Gasteiger partial charge in [-0.1, -0.05) is 11.2 Å². The molecule has 1 saturated heterocycles. The summed E-state index contributed by atoms with van der Waals surface area (Å²) in [5, 5.41) is 4.24. The number of nitrogens with one attached hydrogen (secondary N) is 1. The smallest absolute Gasteiger partial charge is 0.276 e. The summed E-state index contributed by atoms with van der Waals surface area (Å²) in [6, 6.07) is 7.67. The van der Waals surface area contributed by atoms with E-state index in [1.807, 2.05) is 6.92 Å². The van der Waals surface area contributed by atoms with Gasteiger partial charge in [-0.05, 0) is 49.6 Å². The van der Waals surface area contributed by atoms with Gasteiger partial charge in [0.2, 0.25) is 0 Å². The zero-order valence-electron chi connectivity index (χ0n) is 14.7. The minimum atomic E-state index is -3.86. The Morgan fingerprint density at radius 2 is 1.96 bits per heavy atom. The Bertz CT molecular complexity index is 1100. The van der Waals surface area contributed by atoms with E-state index in [1.54, 1.807) is 23.2 Å². The molecular formula is C18H18N4O4S. The number of hydrogen-bond donors (Lipinski definition) is 1. The maximum absolute atomic E-state index is 12.7. The second-order valence-electron chi connectivity index (χ2n) is 6.51. The minimum Gasteiger partial charge on any atom is -0.355 e. The molecule has 8 nitrogen and oxygen atoms in total. The first-order chi connectivity index (χ1) is 12.9. The second-order valence-corrected chi connectivity index (χ2v) is 8.20. The average Bonchev–Trinajstić information content (AvgIpc) is 3.32. The van der Waals surface area contributed by atoms with Crippen LogP contribution in [0.25, 0.3) is 11.0 Å². The van der Waals surface area contributed by atoms with Crippen LogP contribution in [0, 0.1) is 6.92 Å². The molecule has 2 aromatic heterocycles. The number of likely N-dealkylation sites (tertiary alicyclic amines) is 1. The van der Waals surface area contributed by atoms with Crippen LogP contribution in [0.3, 0.4) is 0 Å². The van der Waals surface area contributed by atoms with Crippen molar-refractivity contribution >= 4 is 32.7 Å². The van der Waals surface area contributed by atoms with E-state index < -0.39 is 10.0 Å². The van der Waals surface area contributed by atoms with Crippen molar-refractivity contribution in [3.8, 4) is 0 Å². The number of carbonyl (C=O) groups is 1. The highest BCUT2D eigenvalue weighted by Crippen LogP contribution is 2.25. The number of pyridine rings is 1. The first-order valence-corrected chi connectivity index (χ1v) is 10.1. The summed E-state index contributed by atoms with van der Waals surface area (Å²) in [6.07, 6.45) is 3.48. The Morgan fingerprint density at radius 3 is 2.67 bits per heavy atom. The van der Waals surface area contributed by atoms with Crippen molar-refractivity contribution in [1.29, 1.82) is 0 Å². The molecule has 4 rings (SSSR count). The van der Waals surface area contributed by atoms with E-state index in [1.165, 1.54) is 18.2 Å². The van der Waals surface area contributed by atoms with E-state index in [0.717, 1.165) is 18.4 Å². The van der Waals surface area contributed by atoms with E-state index in [-0.39, 0.29) is 22.3 Å². The Labute approximate surface area is 156 Å². The Kier molecular flexibility index (Phi) is 4.31. The van der Waals surface area contributed by atoms with Crippen LogP contribution in [-0.4, -0.2) is 42.5 Å². The fourth-order valence-corrected chi connectivity index (χ4v) is 4.07. The lowest BCUT2D eigenvalue weighted by Gasteiger charge is -2.13.